The predicted octanol–water partition coefficient (Wildman–Crippen LogP) is 3.60. The van der Waals surface area contributed by atoms with Gasteiger partial charge in [-0.05, 0) is 49.1 Å². The molecule has 2 aromatic heterocycles. The van der Waals surface area contributed by atoms with Gasteiger partial charge in [0.1, 0.15) is 23.4 Å². The van der Waals surface area contributed by atoms with E-state index < -0.39 is 12.3 Å². The van der Waals surface area contributed by atoms with E-state index in [1.807, 2.05) is 18.9 Å². The highest BCUT2D eigenvalue weighted by atomic mass is 16.7. The highest BCUT2D eigenvalue weighted by Gasteiger charge is 2.29. The largest absolute Gasteiger partial charge is 0.440 e. The lowest BCUT2D eigenvalue weighted by Crippen LogP contribution is -2.40. The van der Waals surface area contributed by atoms with E-state index in [2.05, 4.69) is 21.7 Å². The summed E-state index contributed by atoms with van der Waals surface area (Å²) in [5, 5.41) is 15.6. The van der Waals surface area contributed by atoms with Gasteiger partial charge in [-0.15, -0.1) is 0 Å². The average molecular weight is 576 g/mol. The Hall–Kier alpha value is -4.73. The highest BCUT2D eigenvalue weighted by Crippen LogP contribution is 2.33. The number of carbonyl (C=O) groups is 1. The summed E-state index contributed by atoms with van der Waals surface area (Å²) in [5.74, 6) is 2.55. The number of rotatable bonds is 10. The predicted molar refractivity (Wildman–Crippen MR) is 154 cm³/mol. The lowest BCUT2D eigenvalue weighted by Gasteiger charge is -2.31. The molecule has 0 aliphatic carbocycles. The molecular formula is C29H33N7O6. The molecule has 13 heteroatoms. The fourth-order valence-corrected chi connectivity index (χ4v) is 4.70. The quantitative estimate of drug-likeness (QED) is 0.316. The summed E-state index contributed by atoms with van der Waals surface area (Å²) in [6, 6.07) is 5.17. The molecule has 4 heterocycles. The summed E-state index contributed by atoms with van der Waals surface area (Å²) < 4.78 is 21.6. The Morgan fingerprint density at radius 2 is 2.05 bits per heavy atom. The van der Waals surface area contributed by atoms with Crippen LogP contribution in [-0.4, -0.2) is 67.4 Å². The third kappa shape index (κ3) is 6.94. The normalized spacial score (nSPS) is 14.9. The van der Waals surface area contributed by atoms with Crippen LogP contribution in [0.1, 0.15) is 42.0 Å². The number of fused-ring (bicyclic) bond motifs is 1. The van der Waals surface area contributed by atoms with E-state index in [0.29, 0.717) is 48.8 Å². The number of amides is 2. The molecular weight excluding hydrogens is 542 g/mol. The molecule has 0 bridgehead atoms. The Morgan fingerprint density at radius 1 is 1.24 bits per heavy atom. The molecule has 13 nitrogen and oxygen atoms in total. The first-order chi connectivity index (χ1) is 20.4. The Kier molecular flexibility index (Phi) is 10.3. The number of allylic oxidation sites excluding steroid dienone is 2. The second-order valence-electron chi connectivity index (χ2n) is 9.55. The number of urea groups is 1. The van der Waals surface area contributed by atoms with Crippen LogP contribution in [0.2, 0.25) is 0 Å². The minimum Gasteiger partial charge on any atom is -0.440 e. The fourth-order valence-electron chi connectivity index (χ4n) is 4.70. The zero-order valence-electron chi connectivity index (χ0n) is 23.9. The van der Waals surface area contributed by atoms with Gasteiger partial charge < -0.3 is 29.2 Å². The van der Waals surface area contributed by atoms with Crippen LogP contribution in [0.3, 0.4) is 0 Å². The summed E-state index contributed by atoms with van der Waals surface area (Å²) in [5.41, 5.74) is 2.90. The molecule has 42 heavy (non-hydrogen) atoms. The molecule has 1 unspecified atom stereocenters. The molecule has 0 fully saturated rings. The monoisotopic (exact) mass is 575 g/mol. The van der Waals surface area contributed by atoms with E-state index in [1.165, 1.54) is 26.7 Å². The summed E-state index contributed by atoms with van der Waals surface area (Å²) in [4.78, 5) is 37.3. The van der Waals surface area contributed by atoms with Crippen molar-refractivity contribution in [3.8, 4) is 6.07 Å². The van der Waals surface area contributed by atoms with Crippen molar-refractivity contribution in [2.45, 2.75) is 38.6 Å². The Balaban J connectivity index is 1.64. The van der Waals surface area contributed by atoms with Crippen LogP contribution >= 0.6 is 0 Å². The number of hydrogen-bond donors (Lipinski definition) is 2. The average Bonchev–Trinajstić information content (AvgIpc) is 3.22. The lowest BCUT2D eigenvalue weighted by atomic mass is 10.0. The van der Waals surface area contributed by atoms with Crippen molar-refractivity contribution in [3.05, 3.63) is 71.2 Å². The van der Waals surface area contributed by atoms with Gasteiger partial charge in [0, 0.05) is 52.4 Å². The van der Waals surface area contributed by atoms with Crippen LogP contribution in [0.4, 0.5) is 22.1 Å². The number of aryl methyl sites for hydroxylation is 1. The first-order valence-electron chi connectivity index (χ1n) is 13.3. The molecule has 1 atom stereocenters. The summed E-state index contributed by atoms with van der Waals surface area (Å²) >= 11 is 0. The van der Waals surface area contributed by atoms with Crippen LogP contribution < -0.4 is 15.5 Å². The molecule has 0 aromatic carbocycles. The van der Waals surface area contributed by atoms with E-state index in [9.17, 15) is 14.9 Å². The molecule has 220 valence electrons. The maximum Gasteiger partial charge on any atom is 0.328 e. The second-order valence-corrected chi connectivity index (χ2v) is 9.55. The molecule has 2 aromatic rings. The van der Waals surface area contributed by atoms with Crippen molar-refractivity contribution in [3.63, 3.8) is 0 Å². The maximum atomic E-state index is 13.5. The van der Waals surface area contributed by atoms with Crippen LogP contribution in [0.25, 0.3) is 0 Å². The molecule has 4 rings (SSSR count). The number of anilines is 3. The third-order valence-electron chi connectivity index (χ3n) is 6.57. The zero-order valence-corrected chi connectivity index (χ0v) is 23.9. The van der Waals surface area contributed by atoms with Gasteiger partial charge >= 0.3 is 6.03 Å². The van der Waals surface area contributed by atoms with E-state index in [0.717, 1.165) is 11.1 Å². The lowest BCUT2D eigenvalue weighted by molar-refractivity contribution is -0.109. The number of ether oxygens (including phenoxy) is 4. The number of methoxy groups -OCH3 is 3. The summed E-state index contributed by atoms with van der Waals surface area (Å²) in [7, 11) is 4.59. The van der Waals surface area contributed by atoms with Gasteiger partial charge in [-0.1, -0.05) is 0 Å². The van der Waals surface area contributed by atoms with E-state index in [4.69, 9.17) is 23.9 Å². The van der Waals surface area contributed by atoms with Gasteiger partial charge in [-0.25, -0.2) is 19.6 Å². The van der Waals surface area contributed by atoms with Crippen LogP contribution in [0.5, 0.6) is 0 Å². The first kappa shape index (κ1) is 30.2. The molecule has 2 aliphatic heterocycles. The van der Waals surface area contributed by atoms with Crippen molar-refractivity contribution in [1.29, 1.82) is 5.26 Å². The van der Waals surface area contributed by atoms with Crippen molar-refractivity contribution >= 4 is 29.3 Å². The van der Waals surface area contributed by atoms with E-state index in [1.54, 1.807) is 41.3 Å². The zero-order chi connectivity index (χ0) is 30.1. The SMILES string of the molecule is COCC(C)Nc1cc(NC(=O)N2CCCc3cc(CN4C=CC=COC4=C=O)c(C(OC)OC)nc32)ncc1C#N. The third-order valence-corrected chi connectivity index (χ3v) is 6.57. The molecule has 0 radical (unpaired) electrons. The number of pyridine rings is 2. The van der Waals surface area contributed by atoms with Crippen molar-refractivity contribution in [2.24, 2.45) is 0 Å². The Morgan fingerprint density at radius 3 is 2.76 bits per heavy atom. The van der Waals surface area contributed by atoms with Gasteiger partial charge in [0.05, 0.1) is 30.7 Å². The van der Waals surface area contributed by atoms with Crippen LogP contribution in [-0.2, 0) is 36.7 Å². The summed E-state index contributed by atoms with van der Waals surface area (Å²) in [6.07, 6.45) is 8.46. The minimum absolute atomic E-state index is 0.00329. The van der Waals surface area contributed by atoms with Crippen molar-refractivity contribution in [2.75, 3.05) is 50.0 Å². The van der Waals surface area contributed by atoms with Gasteiger partial charge in [-0.2, -0.15) is 5.26 Å². The van der Waals surface area contributed by atoms with E-state index >= 15 is 0 Å². The van der Waals surface area contributed by atoms with Crippen molar-refractivity contribution in [1.82, 2.24) is 14.9 Å². The van der Waals surface area contributed by atoms with Crippen LogP contribution in [0.15, 0.2) is 48.8 Å². The van der Waals surface area contributed by atoms with Gasteiger partial charge in [0.15, 0.2) is 5.94 Å². The smallest absolute Gasteiger partial charge is 0.328 e. The first-order valence-corrected chi connectivity index (χ1v) is 13.3. The number of nitrogens with one attached hydrogen (secondary N) is 2. The van der Waals surface area contributed by atoms with Gasteiger partial charge in [-0.3, -0.25) is 10.2 Å². The van der Waals surface area contributed by atoms with Gasteiger partial charge in [0.2, 0.25) is 6.29 Å². The maximum absolute atomic E-state index is 13.5. The second kappa shape index (κ2) is 14.2. The number of nitriles is 1. The minimum atomic E-state index is -0.835. The Labute approximate surface area is 244 Å². The molecule has 0 saturated heterocycles. The number of carbonyl (C=O) groups excluding carboxylic acids is 2. The van der Waals surface area contributed by atoms with E-state index in [-0.39, 0.29) is 24.3 Å². The van der Waals surface area contributed by atoms with Crippen molar-refractivity contribution < 1.29 is 28.5 Å². The summed E-state index contributed by atoms with van der Waals surface area (Å²) in [6.45, 7) is 3.00. The number of hydrogen-bond acceptors (Lipinski definition) is 11. The topological polar surface area (TPSA) is 151 Å². The molecule has 2 aliphatic rings. The molecule has 2 N–H and O–H groups in total. The highest BCUT2D eigenvalue weighted by molar-refractivity contribution is 6.01. The molecule has 2 amide bonds. The number of nitrogens with zero attached hydrogens (tertiary/aromatic N) is 5. The standard InChI is InChI=1S/C29H33N7O6/c1-19(18-39-2)32-23-13-24(31-15-22(23)14-30)33-29(38)36-10-7-8-20-12-21(26(34-27(20)36)28(40-3)41-4)16-35-9-5-6-11-42-25(35)17-37/h5-6,9,11-13,15,19,28H,7-8,10,16,18H2,1-4H3,(H2,31,32,33,38). The Bertz CT molecular complexity index is 1440. The van der Waals surface area contributed by atoms with Gasteiger partial charge in [0.25, 0.3) is 5.88 Å². The fraction of sp³-hybridized carbons (Fsp3) is 0.379. The van der Waals surface area contributed by atoms with Crippen LogP contribution in [0, 0.1) is 11.3 Å². The molecule has 0 spiro atoms. The molecule has 0 saturated carbocycles. The number of aromatic nitrogens is 2.